The quantitative estimate of drug-likeness (QED) is 0.533. The average Bonchev–Trinajstić information content (AvgIpc) is 2.97. The summed E-state index contributed by atoms with van der Waals surface area (Å²) in [5.74, 6) is -0.267. The molecule has 1 aromatic heterocycles. The summed E-state index contributed by atoms with van der Waals surface area (Å²) in [7, 11) is -1.81. The third kappa shape index (κ3) is 4.36. The van der Waals surface area contributed by atoms with Gasteiger partial charge in [0.25, 0.3) is 0 Å². The lowest BCUT2D eigenvalue weighted by Gasteiger charge is -2.33. The summed E-state index contributed by atoms with van der Waals surface area (Å²) in [5, 5.41) is 4.33. The fourth-order valence-electron chi connectivity index (χ4n) is 3.45. The SMILES string of the molecule is CC(=O)c1ccc(S(=O)(=O)N2CCN(C(=O)/C=C/c3c(C)nn(C)c3C)CC2)cc1. The smallest absolute Gasteiger partial charge is 0.246 e. The maximum absolute atomic E-state index is 12.8. The number of rotatable bonds is 5. The highest BCUT2D eigenvalue weighted by atomic mass is 32.2. The summed E-state index contributed by atoms with van der Waals surface area (Å²) in [4.78, 5) is 25.7. The number of ketones is 1. The zero-order valence-corrected chi connectivity index (χ0v) is 18.4. The summed E-state index contributed by atoms with van der Waals surface area (Å²) in [6.07, 6.45) is 3.28. The molecule has 2 heterocycles. The molecule has 30 heavy (non-hydrogen) atoms. The molecular formula is C21H26N4O4S. The van der Waals surface area contributed by atoms with E-state index in [4.69, 9.17) is 0 Å². The second kappa shape index (κ2) is 8.53. The number of piperazine rings is 1. The minimum absolute atomic E-state index is 0.115. The number of aromatic nitrogens is 2. The molecule has 1 aliphatic heterocycles. The van der Waals surface area contributed by atoms with Gasteiger partial charge >= 0.3 is 0 Å². The fourth-order valence-corrected chi connectivity index (χ4v) is 4.87. The molecule has 0 N–H and O–H groups in total. The second-order valence-corrected chi connectivity index (χ2v) is 9.29. The molecule has 1 fully saturated rings. The predicted molar refractivity (Wildman–Crippen MR) is 114 cm³/mol. The van der Waals surface area contributed by atoms with Crippen LogP contribution >= 0.6 is 0 Å². The van der Waals surface area contributed by atoms with Crippen LogP contribution in [-0.2, 0) is 21.9 Å². The number of nitrogens with zero attached hydrogens (tertiary/aromatic N) is 4. The van der Waals surface area contributed by atoms with E-state index < -0.39 is 10.0 Å². The van der Waals surface area contributed by atoms with Gasteiger partial charge in [0.1, 0.15) is 0 Å². The van der Waals surface area contributed by atoms with E-state index in [0.717, 1.165) is 17.0 Å². The normalized spacial score (nSPS) is 15.7. The van der Waals surface area contributed by atoms with Crippen molar-refractivity contribution in [1.29, 1.82) is 0 Å². The van der Waals surface area contributed by atoms with Crippen molar-refractivity contribution in [3.63, 3.8) is 0 Å². The van der Waals surface area contributed by atoms with Crippen molar-refractivity contribution in [2.45, 2.75) is 25.7 Å². The first-order chi connectivity index (χ1) is 14.1. The average molecular weight is 431 g/mol. The highest BCUT2D eigenvalue weighted by Crippen LogP contribution is 2.19. The van der Waals surface area contributed by atoms with Gasteiger partial charge in [0, 0.05) is 56.1 Å². The first kappa shape index (κ1) is 21.9. The molecule has 0 radical (unpaired) electrons. The largest absolute Gasteiger partial charge is 0.337 e. The van der Waals surface area contributed by atoms with E-state index in [-0.39, 0.29) is 29.7 Å². The Balaban J connectivity index is 1.64. The van der Waals surface area contributed by atoms with Gasteiger partial charge in [-0.1, -0.05) is 12.1 Å². The standard InChI is InChI=1S/C21H26N4O4S/c1-15-20(16(2)23(4)22-15)9-10-21(27)24-11-13-25(14-12-24)30(28,29)19-7-5-18(6-8-19)17(3)26/h5-10H,11-14H2,1-4H3/b10-9+. The monoisotopic (exact) mass is 430 g/mol. The van der Waals surface area contributed by atoms with Crippen molar-refractivity contribution in [3.05, 3.63) is 52.9 Å². The van der Waals surface area contributed by atoms with Gasteiger partial charge in [-0.2, -0.15) is 9.40 Å². The molecule has 1 aromatic carbocycles. The zero-order valence-electron chi connectivity index (χ0n) is 17.6. The van der Waals surface area contributed by atoms with Crippen LogP contribution in [0.3, 0.4) is 0 Å². The van der Waals surface area contributed by atoms with Crippen molar-refractivity contribution >= 4 is 27.8 Å². The zero-order chi connectivity index (χ0) is 22.1. The highest BCUT2D eigenvalue weighted by molar-refractivity contribution is 7.89. The Hall–Kier alpha value is -2.78. The minimum atomic E-state index is -3.66. The van der Waals surface area contributed by atoms with Crippen LogP contribution < -0.4 is 0 Å². The van der Waals surface area contributed by atoms with Crippen LogP contribution in [-0.4, -0.2) is 65.3 Å². The maximum Gasteiger partial charge on any atom is 0.246 e. The molecular weight excluding hydrogens is 404 g/mol. The van der Waals surface area contributed by atoms with Crippen LogP contribution in [0.4, 0.5) is 0 Å². The number of carbonyl (C=O) groups excluding carboxylic acids is 2. The van der Waals surface area contributed by atoms with E-state index in [1.807, 2.05) is 20.9 Å². The Morgan fingerprint density at radius 3 is 2.13 bits per heavy atom. The highest BCUT2D eigenvalue weighted by Gasteiger charge is 2.29. The number of hydrogen-bond acceptors (Lipinski definition) is 5. The van der Waals surface area contributed by atoms with Crippen molar-refractivity contribution in [2.75, 3.05) is 26.2 Å². The third-order valence-electron chi connectivity index (χ3n) is 5.41. The number of carbonyl (C=O) groups is 2. The van der Waals surface area contributed by atoms with Crippen LogP contribution in [0.2, 0.25) is 0 Å². The van der Waals surface area contributed by atoms with Gasteiger partial charge < -0.3 is 4.90 Å². The van der Waals surface area contributed by atoms with Crippen LogP contribution in [0.1, 0.15) is 34.2 Å². The van der Waals surface area contributed by atoms with E-state index in [1.54, 1.807) is 15.7 Å². The second-order valence-electron chi connectivity index (χ2n) is 7.35. The van der Waals surface area contributed by atoms with Gasteiger partial charge in [0.2, 0.25) is 15.9 Å². The van der Waals surface area contributed by atoms with E-state index in [1.165, 1.54) is 41.6 Å². The lowest BCUT2D eigenvalue weighted by Crippen LogP contribution is -2.50. The molecule has 8 nitrogen and oxygen atoms in total. The number of benzene rings is 1. The molecule has 1 saturated heterocycles. The molecule has 160 valence electrons. The molecule has 0 saturated carbocycles. The van der Waals surface area contributed by atoms with E-state index in [2.05, 4.69) is 5.10 Å². The van der Waals surface area contributed by atoms with Crippen LogP contribution in [0, 0.1) is 13.8 Å². The van der Waals surface area contributed by atoms with Crippen LogP contribution in [0.15, 0.2) is 35.2 Å². The Bertz CT molecular complexity index is 1090. The summed E-state index contributed by atoms with van der Waals surface area (Å²) < 4.78 is 28.8. The van der Waals surface area contributed by atoms with Crippen molar-refractivity contribution in [1.82, 2.24) is 19.0 Å². The predicted octanol–water partition coefficient (Wildman–Crippen LogP) is 1.79. The Morgan fingerprint density at radius 2 is 1.63 bits per heavy atom. The van der Waals surface area contributed by atoms with E-state index in [9.17, 15) is 18.0 Å². The molecule has 0 bridgehead atoms. The molecule has 1 amide bonds. The Labute approximate surface area is 176 Å². The molecule has 0 atom stereocenters. The van der Waals surface area contributed by atoms with Gasteiger partial charge in [0.15, 0.2) is 5.78 Å². The van der Waals surface area contributed by atoms with E-state index >= 15 is 0 Å². The lowest BCUT2D eigenvalue weighted by molar-refractivity contribution is -0.127. The maximum atomic E-state index is 12.8. The molecule has 0 spiro atoms. The van der Waals surface area contributed by atoms with Gasteiger partial charge in [-0.05, 0) is 39.0 Å². The molecule has 9 heteroatoms. The molecule has 2 aromatic rings. The first-order valence-electron chi connectivity index (χ1n) is 9.69. The van der Waals surface area contributed by atoms with Crippen molar-refractivity contribution in [2.24, 2.45) is 7.05 Å². The van der Waals surface area contributed by atoms with Gasteiger partial charge in [-0.3, -0.25) is 14.3 Å². The minimum Gasteiger partial charge on any atom is -0.337 e. The number of sulfonamides is 1. The fraction of sp³-hybridized carbons (Fsp3) is 0.381. The Kier molecular flexibility index (Phi) is 6.23. The number of hydrogen-bond donors (Lipinski definition) is 0. The molecule has 1 aliphatic rings. The number of amides is 1. The van der Waals surface area contributed by atoms with Crippen molar-refractivity contribution in [3.8, 4) is 0 Å². The summed E-state index contributed by atoms with van der Waals surface area (Å²) in [6, 6.07) is 5.93. The number of Topliss-reactive ketones (excluding diaryl/α,β-unsaturated/α-hetero) is 1. The summed E-state index contributed by atoms with van der Waals surface area (Å²) >= 11 is 0. The molecule has 0 aliphatic carbocycles. The van der Waals surface area contributed by atoms with Crippen LogP contribution in [0.25, 0.3) is 6.08 Å². The van der Waals surface area contributed by atoms with Crippen molar-refractivity contribution < 1.29 is 18.0 Å². The molecule has 0 unspecified atom stereocenters. The number of aryl methyl sites for hydroxylation is 2. The van der Waals surface area contributed by atoms with Gasteiger partial charge in [-0.25, -0.2) is 8.42 Å². The Morgan fingerprint density at radius 1 is 1.03 bits per heavy atom. The van der Waals surface area contributed by atoms with Crippen LogP contribution in [0.5, 0.6) is 0 Å². The first-order valence-corrected chi connectivity index (χ1v) is 11.1. The van der Waals surface area contributed by atoms with Gasteiger partial charge in [0.05, 0.1) is 10.6 Å². The molecule has 3 rings (SSSR count). The lowest BCUT2D eigenvalue weighted by atomic mass is 10.2. The van der Waals surface area contributed by atoms with Gasteiger partial charge in [-0.15, -0.1) is 0 Å². The third-order valence-corrected chi connectivity index (χ3v) is 7.32. The van der Waals surface area contributed by atoms with E-state index in [0.29, 0.717) is 18.7 Å². The summed E-state index contributed by atoms with van der Waals surface area (Å²) in [6.45, 7) is 6.35. The topological polar surface area (TPSA) is 92.6 Å². The summed E-state index contributed by atoms with van der Waals surface area (Å²) in [5.41, 5.74) is 3.21.